The molecular formula is C13H20N4O. The van der Waals surface area contributed by atoms with Gasteiger partial charge in [0.15, 0.2) is 0 Å². The highest BCUT2D eigenvalue weighted by Crippen LogP contribution is 2.15. The molecule has 0 saturated heterocycles. The standard InChI is InChI=1S/C13H20N4O/c1-4-7-14-11(3)13-6-5-8-17(13)9-12-10(2)15-18-16-12/h5-6,8,11,14H,4,7,9H2,1-3H3. The Morgan fingerprint density at radius 3 is 2.94 bits per heavy atom. The Balaban J connectivity index is 2.10. The van der Waals surface area contributed by atoms with Gasteiger partial charge in [0.1, 0.15) is 11.4 Å². The summed E-state index contributed by atoms with van der Waals surface area (Å²) >= 11 is 0. The number of nitrogens with one attached hydrogen (secondary N) is 1. The summed E-state index contributed by atoms with van der Waals surface area (Å²) in [7, 11) is 0. The van der Waals surface area contributed by atoms with Gasteiger partial charge < -0.3 is 9.88 Å². The van der Waals surface area contributed by atoms with Gasteiger partial charge in [-0.1, -0.05) is 17.2 Å². The molecule has 0 bridgehead atoms. The summed E-state index contributed by atoms with van der Waals surface area (Å²) in [4.78, 5) is 0. The Kier molecular flexibility index (Phi) is 4.15. The summed E-state index contributed by atoms with van der Waals surface area (Å²) in [5.41, 5.74) is 2.99. The highest BCUT2D eigenvalue weighted by molar-refractivity contribution is 5.15. The normalized spacial score (nSPS) is 12.8. The molecule has 0 saturated carbocycles. The lowest BCUT2D eigenvalue weighted by Crippen LogP contribution is -2.22. The highest BCUT2D eigenvalue weighted by Gasteiger charge is 2.12. The number of rotatable bonds is 6. The maximum Gasteiger partial charge on any atom is 0.127 e. The second-order valence-corrected chi connectivity index (χ2v) is 4.53. The van der Waals surface area contributed by atoms with Gasteiger partial charge in [0.05, 0.1) is 6.54 Å². The van der Waals surface area contributed by atoms with Gasteiger partial charge in [0.25, 0.3) is 0 Å². The van der Waals surface area contributed by atoms with Gasteiger partial charge in [0, 0.05) is 17.9 Å². The van der Waals surface area contributed by atoms with Crippen LogP contribution in [0, 0.1) is 6.92 Å². The fraction of sp³-hybridized carbons (Fsp3) is 0.538. The molecule has 18 heavy (non-hydrogen) atoms. The molecule has 0 amide bonds. The molecule has 2 aromatic heterocycles. The van der Waals surface area contributed by atoms with Crippen LogP contribution in [0.15, 0.2) is 23.0 Å². The van der Waals surface area contributed by atoms with Gasteiger partial charge in [-0.15, -0.1) is 0 Å². The number of aryl methyl sites for hydroxylation is 1. The first-order valence-corrected chi connectivity index (χ1v) is 6.38. The quantitative estimate of drug-likeness (QED) is 0.852. The summed E-state index contributed by atoms with van der Waals surface area (Å²) in [5.74, 6) is 0. The average molecular weight is 248 g/mol. The van der Waals surface area contributed by atoms with E-state index in [1.165, 1.54) is 5.69 Å². The smallest absolute Gasteiger partial charge is 0.127 e. The molecule has 98 valence electrons. The maximum absolute atomic E-state index is 4.73. The number of nitrogens with zero attached hydrogens (tertiary/aromatic N) is 3. The van der Waals surface area contributed by atoms with E-state index in [9.17, 15) is 0 Å². The van der Waals surface area contributed by atoms with Crippen LogP contribution in [0.3, 0.4) is 0 Å². The summed E-state index contributed by atoms with van der Waals surface area (Å²) < 4.78 is 6.91. The van der Waals surface area contributed by atoms with Crippen molar-refractivity contribution in [3.8, 4) is 0 Å². The van der Waals surface area contributed by atoms with E-state index in [1.807, 2.05) is 6.92 Å². The van der Waals surface area contributed by atoms with Gasteiger partial charge in [0.2, 0.25) is 0 Å². The molecule has 0 aliphatic heterocycles. The van der Waals surface area contributed by atoms with Crippen molar-refractivity contribution in [3.05, 3.63) is 35.4 Å². The van der Waals surface area contributed by atoms with E-state index >= 15 is 0 Å². The second kappa shape index (κ2) is 5.82. The fourth-order valence-electron chi connectivity index (χ4n) is 1.98. The first kappa shape index (κ1) is 12.8. The van der Waals surface area contributed by atoms with Crippen molar-refractivity contribution in [1.29, 1.82) is 0 Å². The Hall–Kier alpha value is -1.62. The molecule has 0 aromatic carbocycles. The molecule has 0 aliphatic rings. The van der Waals surface area contributed by atoms with Crippen LogP contribution in [0.1, 0.15) is 43.4 Å². The van der Waals surface area contributed by atoms with Crippen molar-refractivity contribution in [3.63, 3.8) is 0 Å². The molecule has 1 N–H and O–H groups in total. The Labute approximate surface area is 107 Å². The average Bonchev–Trinajstić information content (AvgIpc) is 2.97. The zero-order valence-corrected chi connectivity index (χ0v) is 11.2. The van der Waals surface area contributed by atoms with Crippen molar-refractivity contribution in [2.75, 3.05) is 6.54 Å². The van der Waals surface area contributed by atoms with E-state index in [0.29, 0.717) is 12.6 Å². The molecule has 0 spiro atoms. The van der Waals surface area contributed by atoms with Crippen LogP contribution in [0.5, 0.6) is 0 Å². The monoisotopic (exact) mass is 248 g/mol. The minimum atomic E-state index is 0.333. The lowest BCUT2D eigenvalue weighted by atomic mass is 10.2. The van der Waals surface area contributed by atoms with Gasteiger partial charge in [-0.2, -0.15) is 0 Å². The molecule has 0 fully saturated rings. The molecule has 5 heteroatoms. The zero-order chi connectivity index (χ0) is 13.0. The van der Waals surface area contributed by atoms with E-state index in [2.05, 4.69) is 52.4 Å². The van der Waals surface area contributed by atoms with E-state index in [1.54, 1.807) is 0 Å². The van der Waals surface area contributed by atoms with E-state index in [4.69, 9.17) is 4.63 Å². The number of hydrogen-bond donors (Lipinski definition) is 1. The van der Waals surface area contributed by atoms with Gasteiger partial charge in [-0.3, -0.25) is 0 Å². The minimum absolute atomic E-state index is 0.333. The molecule has 1 atom stereocenters. The predicted octanol–water partition coefficient (Wildman–Crippen LogP) is 2.29. The summed E-state index contributed by atoms with van der Waals surface area (Å²) in [6.45, 7) is 7.99. The lowest BCUT2D eigenvalue weighted by Gasteiger charge is -2.16. The SMILES string of the molecule is CCCNC(C)c1cccn1Cc1nonc1C. The van der Waals surface area contributed by atoms with Crippen LogP contribution in [-0.4, -0.2) is 21.4 Å². The molecule has 5 nitrogen and oxygen atoms in total. The Morgan fingerprint density at radius 2 is 2.28 bits per heavy atom. The van der Waals surface area contributed by atoms with Crippen LogP contribution in [0.2, 0.25) is 0 Å². The van der Waals surface area contributed by atoms with Gasteiger partial charge >= 0.3 is 0 Å². The van der Waals surface area contributed by atoms with Gasteiger partial charge in [-0.25, -0.2) is 4.63 Å². The topological polar surface area (TPSA) is 55.9 Å². The zero-order valence-electron chi connectivity index (χ0n) is 11.2. The van der Waals surface area contributed by atoms with Crippen molar-refractivity contribution in [2.45, 2.75) is 39.8 Å². The van der Waals surface area contributed by atoms with Crippen LogP contribution < -0.4 is 5.32 Å². The largest absolute Gasteiger partial charge is 0.344 e. The van der Waals surface area contributed by atoms with Crippen molar-refractivity contribution >= 4 is 0 Å². The first-order valence-electron chi connectivity index (χ1n) is 6.38. The van der Waals surface area contributed by atoms with Crippen LogP contribution >= 0.6 is 0 Å². The van der Waals surface area contributed by atoms with Crippen molar-refractivity contribution < 1.29 is 4.63 Å². The molecular weight excluding hydrogens is 228 g/mol. The van der Waals surface area contributed by atoms with Crippen LogP contribution in [0.25, 0.3) is 0 Å². The molecule has 2 heterocycles. The van der Waals surface area contributed by atoms with Crippen molar-refractivity contribution in [1.82, 2.24) is 20.2 Å². The van der Waals surface area contributed by atoms with E-state index in [0.717, 1.165) is 24.4 Å². The van der Waals surface area contributed by atoms with Crippen molar-refractivity contribution in [2.24, 2.45) is 0 Å². The lowest BCUT2D eigenvalue weighted by molar-refractivity contribution is 0.300. The molecule has 2 rings (SSSR count). The predicted molar refractivity (Wildman–Crippen MR) is 69.3 cm³/mol. The summed E-state index contributed by atoms with van der Waals surface area (Å²) in [5, 5.41) is 11.2. The van der Waals surface area contributed by atoms with Crippen LogP contribution in [0.4, 0.5) is 0 Å². The Morgan fingerprint density at radius 1 is 1.44 bits per heavy atom. The summed E-state index contributed by atoms with van der Waals surface area (Å²) in [6, 6.07) is 4.53. The van der Waals surface area contributed by atoms with E-state index < -0.39 is 0 Å². The van der Waals surface area contributed by atoms with Gasteiger partial charge in [-0.05, 0) is 38.9 Å². The molecule has 1 unspecified atom stereocenters. The first-order chi connectivity index (χ1) is 8.72. The third-order valence-electron chi connectivity index (χ3n) is 3.08. The second-order valence-electron chi connectivity index (χ2n) is 4.53. The minimum Gasteiger partial charge on any atom is -0.344 e. The Bertz CT molecular complexity index is 489. The van der Waals surface area contributed by atoms with E-state index in [-0.39, 0.29) is 0 Å². The third-order valence-corrected chi connectivity index (χ3v) is 3.08. The highest BCUT2D eigenvalue weighted by atomic mass is 16.6. The summed E-state index contributed by atoms with van der Waals surface area (Å²) in [6.07, 6.45) is 3.20. The number of hydrogen-bond acceptors (Lipinski definition) is 4. The third kappa shape index (κ3) is 2.79. The molecule has 0 radical (unpaired) electrons. The fourth-order valence-corrected chi connectivity index (χ4v) is 1.98. The molecule has 2 aromatic rings. The van der Waals surface area contributed by atoms with Crippen LogP contribution in [-0.2, 0) is 6.54 Å². The molecule has 0 aliphatic carbocycles. The maximum atomic E-state index is 4.73. The number of aromatic nitrogens is 3.